The van der Waals surface area contributed by atoms with E-state index in [0.29, 0.717) is 24.0 Å². The molecular weight excluding hydrogens is 310 g/mol. The van der Waals surface area contributed by atoms with Gasteiger partial charge in [-0.15, -0.1) is 10.1 Å². The van der Waals surface area contributed by atoms with Crippen LogP contribution in [-0.4, -0.2) is 50.7 Å². The van der Waals surface area contributed by atoms with Gasteiger partial charge >= 0.3 is 0 Å². The van der Waals surface area contributed by atoms with Gasteiger partial charge in [0.2, 0.25) is 23.1 Å². The Morgan fingerprint density at radius 1 is 1.00 bits per heavy atom. The van der Waals surface area contributed by atoms with E-state index in [0.717, 1.165) is 0 Å². The summed E-state index contributed by atoms with van der Waals surface area (Å²) in [7, 11) is 2.61. The number of hydrogen-bond donors (Lipinski definition) is 0. The van der Waals surface area contributed by atoms with Crippen LogP contribution < -0.4 is 0 Å². The second kappa shape index (κ2) is 8.89. The second-order valence-corrected chi connectivity index (χ2v) is 4.60. The summed E-state index contributed by atoms with van der Waals surface area (Å²) >= 11 is 0. The van der Waals surface area contributed by atoms with Crippen molar-refractivity contribution in [3.05, 3.63) is 32.8 Å². The molecule has 0 amide bonds. The van der Waals surface area contributed by atoms with Crippen LogP contribution in [0.4, 0.5) is 0 Å². The number of ether oxygens (including phenoxy) is 3. The summed E-state index contributed by atoms with van der Waals surface area (Å²) in [5.41, 5.74) is 0.683. The maximum atomic E-state index is 12.3. The van der Waals surface area contributed by atoms with E-state index in [9.17, 15) is 19.7 Å². The average molecular weight is 329 g/mol. The predicted molar refractivity (Wildman–Crippen MR) is 76.8 cm³/mol. The number of Topliss-reactive ketones (excluding diaryl/α,β-unsaturated/α-hetero) is 2. The van der Waals surface area contributed by atoms with Crippen LogP contribution >= 0.6 is 0 Å². The Morgan fingerprint density at radius 2 is 1.61 bits per heavy atom. The topological polar surface area (TPSA) is 114 Å². The van der Waals surface area contributed by atoms with E-state index in [1.807, 2.05) is 0 Å². The van der Waals surface area contributed by atoms with Gasteiger partial charge in [0.1, 0.15) is 6.61 Å². The molecule has 9 heteroatoms. The highest BCUT2D eigenvalue weighted by Crippen LogP contribution is 2.28. The molecule has 1 aliphatic rings. The number of rotatable bonds is 10. The lowest BCUT2D eigenvalue weighted by Crippen LogP contribution is -2.25. The van der Waals surface area contributed by atoms with Crippen LogP contribution in [-0.2, 0) is 28.6 Å². The molecule has 0 unspecified atom stereocenters. The van der Waals surface area contributed by atoms with Crippen molar-refractivity contribution in [2.24, 2.45) is 0 Å². The van der Waals surface area contributed by atoms with Crippen LogP contribution in [0.3, 0.4) is 0 Å². The molecule has 23 heavy (non-hydrogen) atoms. The molecule has 0 atom stereocenters. The molecule has 9 nitrogen and oxygen atoms in total. The number of methoxy groups -OCH3 is 2. The third-order valence-corrected chi connectivity index (χ3v) is 3.23. The number of hydrogen-bond acceptors (Lipinski definition) is 8. The Kier molecular flexibility index (Phi) is 7.20. The molecule has 0 aliphatic heterocycles. The van der Waals surface area contributed by atoms with Gasteiger partial charge in [0.15, 0.2) is 0 Å². The molecular formula is C14H19NO8. The Balaban J connectivity index is 2.53. The van der Waals surface area contributed by atoms with Gasteiger partial charge in [-0.1, -0.05) is 0 Å². The fraction of sp³-hybridized carbons (Fsp3) is 0.571. The predicted octanol–water partition coefficient (Wildman–Crippen LogP) is 0.964. The second-order valence-electron chi connectivity index (χ2n) is 4.60. The Bertz CT molecular complexity index is 549. The van der Waals surface area contributed by atoms with Crippen molar-refractivity contribution in [2.45, 2.75) is 19.8 Å². The first kappa shape index (κ1) is 18.6. The maximum absolute atomic E-state index is 12.3. The molecule has 0 aromatic rings. The Morgan fingerprint density at radius 3 is 2.17 bits per heavy atom. The molecule has 0 saturated carbocycles. The van der Waals surface area contributed by atoms with Crippen molar-refractivity contribution >= 4 is 11.6 Å². The van der Waals surface area contributed by atoms with Gasteiger partial charge < -0.3 is 19.0 Å². The molecule has 0 N–H and O–H groups in total. The summed E-state index contributed by atoms with van der Waals surface area (Å²) < 4.78 is 15.1. The van der Waals surface area contributed by atoms with Crippen LogP contribution in [0.1, 0.15) is 19.8 Å². The van der Waals surface area contributed by atoms with E-state index in [1.54, 1.807) is 6.92 Å². The highest BCUT2D eigenvalue weighted by Gasteiger charge is 2.34. The zero-order valence-corrected chi connectivity index (χ0v) is 13.2. The highest BCUT2D eigenvalue weighted by atomic mass is 17.0. The molecule has 0 aromatic carbocycles. The molecule has 0 radical (unpaired) electrons. The highest BCUT2D eigenvalue weighted by molar-refractivity contribution is 6.23. The molecule has 1 aliphatic carbocycles. The van der Waals surface area contributed by atoms with Crippen LogP contribution in [0.15, 0.2) is 22.7 Å². The molecule has 128 valence electrons. The van der Waals surface area contributed by atoms with E-state index in [4.69, 9.17) is 14.2 Å². The molecule has 0 heterocycles. The average Bonchev–Trinajstić information content (AvgIpc) is 2.52. The minimum atomic E-state index is -0.893. The van der Waals surface area contributed by atoms with Gasteiger partial charge in [0.25, 0.3) is 5.09 Å². The molecule has 0 bridgehead atoms. The molecule has 0 spiro atoms. The van der Waals surface area contributed by atoms with Crippen molar-refractivity contribution in [1.29, 1.82) is 0 Å². The minimum absolute atomic E-state index is 0.0724. The van der Waals surface area contributed by atoms with Gasteiger partial charge in [0.05, 0.1) is 20.8 Å². The lowest BCUT2D eigenvalue weighted by Gasteiger charge is -2.20. The van der Waals surface area contributed by atoms with Crippen LogP contribution in [0.5, 0.6) is 0 Å². The van der Waals surface area contributed by atoms with E-state index in [1.165, 1.54) is 14.2 Å². The summed E-state index contributed by atoms with van der Waals surface area (Å²) in [6.07, 6.45) is 0.805. The molecule has 0 fully saturated rings. The Labute approximate surface area is 132 Å². The Hall–Kier alpha value is -2.42. The van der Waals surface area contributed by atoms with Crippen LogP contribution in [0.25, 0.3) is 0 Å². The van der Waals surface area contributed by atoms with Crippen molar-refractivity contribution in [1.82, 2.24) is 0 Å². The quantitative estimate of drug-likeness (QED) is 0.252. The number of carbonyl (C=O) groups excluding carboxylic acids is 2. The standard InChI is InChI=1S/C14H19NO8/c1-9-10(5-4-6-22-7-8-23-15(18)19)12(17)14(21-3)13(20-2)11(9)16/h4-8H2,1-3H3. The maximum Gasteiger partial charge on any atom is 0.294 e. The number of allylic oxidation sites excluding steroid dienone is 2. The first-order valence-corrected chi connectivity index (χ1v) is 6.90. The summed E-state index contributed by atoms with van der Waals surface area (Å²) in [6.45, 7) is 1.76. The molecule has 0 aromatic heterocycles. The van der Waals surface area contributed by atoms with Gasteiger partial charge in [-0.25, -0.2) is 0 Å². The van der Waals surface area contributed by atoms with Gasteiger partial charge in [-0.2, -0.15) is 0 Å². The fourth-order valence-corrected chi connectivity index (χ4v) is 2.12. The van der Waals surface area contributed by atoms with E-state index < -0.39 is 5.09 Å². The van der Waals surface area contributed by atoms with Gasteiger partial charge in [0, 0.05) is 17.8 Å². The third kappa shape index (κ3) is 4.78. The number of ketones is 2. The molecule has 1 rings (SSSR count). The summed E-state index contributed by atoms with van der Waals surface area (Å²) in [5, 5.41) is 9.04. The first-order chi connectivity index (χ1) is 10.9. The monoisotopic (exact) mass is 329 g/mol. The number of carbonyl (C=O) groups is 2. The van der Waals surface area contributed by atoms with Gasteiger partial charge in [-0.3, -0.25) is 9.59 Å². The third-order valence-electron chi connectivity index (χ3n) is 3.23. The minimum Gasteiger partial charge on any atom is -0.489 e. The summed E-state index contributed by atoms with van der Waals surface area (Å²) in [5.74, 6) is -0.942. The number of nitrogens with zero attached hydrogens (tertiary/aromatic N) is 1. The zero-order chi connectivity index (χ0) is 17.4. The van der Waals surface area contributed by atoms with E-state index >= 15 is 0 Å². The van der Waals surface area contributed by atoms with E-state index in [2.05, 4.69) is 4.84 Å². The van der Waals surface area contributed by atoms with Gasteiger partial charge in [-0.05, 0) is 19.8 Å². The van der Waals surface area contributed by atoms with Crippen molar-refractivity contribution in [3.8, 4) is 0 Å². The van der Waals surface area contributed by atoms with Crippen LogP contribution in [0, 0.1) is 10.1 Å². The van der Waals surface area contributed by atoms with Crippen LogP contribution in [0.2, 0.25) is 0 Å². The summed E-state index contributed by atoms with van der Waals surface area (Å²) in [4.78, 5) is 38.5. The largest absolute Gasteiger partial charge is 0.489 e. The lowest BCUT2D eigenvalue weighted by molar-refractivity contribution is -0.758. The molecule has 0 saturated heterocycles. The lowest BCUT2D eigenvalue weighted by atomic mass is 9.90. The smallest absolute Gasteiger partial charge is 0.294 e. The first-order valence-electron chi connectivity index (χ1n) is 6.90. The zero-order valence-electron chi connectivity index (χ0n) is 13.2. The summed E-state index contributed by atoms with van der Waals surface area (Å²) in [6, 6.07) is 0. The van der Waals surface area contributed by atoms with E-state index in [-0.39, 0.29) is 42.9 Å². The SMILES string of the molecule is COC1=C(OC)C(=O)C(CCCOCCO[N+](=O)[O-])=C(C)C1=O. The normalized spacial score (nSPS) is 15.1. The van der Waals surface area contributed by atoms with Crippen molar-refractivity contribution in [2.75, 3.05) is 34.0 Å². The van der Waals surface area contributed by atoms with Crippen molar-refractivity contribution < 1.29 is 33.7 Å². The van der Waals surface area contributed by atoms with Crippen molar-refractivity contribution in [3.63, 3.8) is 0 Å². The fourth-order valence-electron chi connectivity index (χ4n) is 2.12.